The monoisotopic (exact) mass is 216 g/mol. The first-order valence-electron chi connectivity index (χ1n) is 5.23. The van der Waals surface area contributed by atoms with Gasteiger partial charge in [-0.2, -0.15) is 11.8 Å². The second-order valence-electron chi connectivity index (χ2n) is 3.76. The molecule has 0 aromatic carbocycles. The molecule has 1 amide bonds. The summed E-state index contributed by atoms with van der Waals surface area (Å²) in [6, 6.07) is 0.552. The zero-order chi connectivity index (χ0) is 10.4. The van der Waals surface area contributed by atoms with Crippen molar-refractivity contribution < 1.29 is 4.79 Å². The Kier molecular flexibility index (Phi) is 5.33. The van der Waals surface area contributed by atoms with E-state index in [1.165, 1.54) is 25.7 Å². The van der Waals surface area contributed by atoms with Gasteiger partial charge in [-0.25, -0.2) is 0 Å². The van der Waals surface area contributed by atoms with Crippen molar-refractivity contribution in [3.05, 3.63) is 0 Å². The first-order valence-corrected chi connectivity index (χ1v) is 6.51. The highest BCUT2D eigenvalue weighted by atomic mass is 32.2. The molecule has 0 radical (unpaired) electrons. The highest BCUT2D eigenvalue weighted by molar-refractivity contribution is 7.99. The Hall–Kier alpha value is -0.220. The third-order valence-electron chi connectivity index (χ3n) is 2.84. The molecule has 3 nitrogen and oxygen atoms in total. The van der Waals surface area contributed by atoms with Gasteiger partial charge in [0.15, 0.2) is 0 Å². The van der Waals surface area contributed by atoms with E-state index in [0.29, 0.717) is 12.6 Å². The molecule has 1 aliphatic carbocycles. The van der Waals surface area contributed by atoms with Crippen LogP contribution < -0.4 is 10.6 Å². The van der Waals surface area contributed by atoms with Crippen LogP contribution in [0.4, 0.5) is 0 Å². The third kappa shape index (κ3) is 3.88. The number of carbonyl (C=O) groups is 1. The average molecular weight is 216 g/mol. The molecule has 1 fully saturated rings. The lowest BCUT2D eigenvalue weighted by molar-refractivity contribution is -0.119. The quantitative estimate of drug-likeness (QED) is 0.736. The van der Waals surface area contributed by atoms with Gasteiger partial charge < -0.3 is 10.6 Å². The van der Waals surface area contributed by atoms with E-state index >= 15 is 0 Å². The minimum Gasteiger partial charge on any atom is -0.358 e. The summed E-state index contributed by atoms with van der Waals surface area (Å²) in [6.07, 6.45) is 7.17. The minimum absolute atomic E-state index is 0.0805. The van der Waals surface area contributed by atoms with E-state index in [2.05, 4.69) is 16.9 Å². The molecular formula is C10H20N2OS. The lowest BCUT2D eigenvalue weighted by atomic mass is 9.95. The molecule has 0 atom stereocenters. The van der Waals surface area contributed by atoms with Crippen molar-refractivity contribution in [2.75, 3.05) is 19.8 Å². The molecule has 1 rings (SSSR count). The van der Waals surface area contributed by atoms with E-state index in [1.54, 1.807) is 7.05 Å². The van der Waals surface area contributed by atoms with Crippen LogP contribution in [0, 0.1) is 0 Å². The van der Waals surface area contributed by atoms with Crippen LogP contribution in [0.5, 0.6) is 0 Å². The molecular weight excluding hydrogens is 196 g/mol. The molecule has 0 spiro atoms. The second-order valence-corrected chi connectivity index (χ2v) is 4.90. The zero-order valence-corrected chi connectivity index (χ0v) is 9.82. The number of rotatable bonds is 4. The number of likely N-dealkylation sites (N-methyl/N-ethyl adjacent to an activating group) is 1. The van der Waals surface area contributed by atoms with E-state index in [0.717, 1.165) is 5.25 Å². The normalized spacial score (nSPS) is 27.3. The van der Waals surface area contributed by atoms with Crippen molar-refractivity contribution in [3.8, 4) is 0 Å². The Balaban J connectivity index is 2.13. The number of amides is 1. The van der Waals surface area contributed by atoms with Crippen molar-refractivity contribution in [1.82, 2.24) is 10.6 Å². The number of thioether (sulfide) groups is 1. The molecule has 0 aliphatic heterocycles. The molecule has 0 unspecified atom stereocenters. The highest BCUT2D eigenvalue weighted by Crippen LogP contribution is 2.26. The molecule has 0 aromatic rings. The zero-order valence-electron chi connectivity index (χ0n) is 9.01. The van der Waals surface area contributed by atoms with E-state index in [9.17, 15) is 4.79 Å². The maximum atomic E-state index is 11.0. The molecule has 2 N–H and O–H groups in total. The van der Waals surface area contributed by atoms with E-state index in [-0.39, 0.29) is 5.91 Å². The summed E-state index contributed by atoms with van der Waals surface area (Å²) in [5.74, 6) is 0.0805. The van der Waals surface area contributed by atoms with Crippen LogP contribution in [-0.4, -0.2) is 37.0 Å². The predicted molar refractivity (Wildman–Crippen MR) is 61.6 cm³/mol. The van der Waals surface area contributed by atoms with E-state index in [4.69, 9.17) is 0 Å². The molecule has 82 valence electrons. The van der Waals surface area contributed by atoms with Crippen LogP contribution >= 0.6 is 11.8 Å². The Morgan fingerprint density at radius 1 is 1.36 bits per heavy atom. The summed E-state index contributed by atoms with van der Waals surface area (Å²) < 4.78 is 0. The van der Waals surface area contributed by atoms with Crippen LogP contribution in [0.3, 0.4) is 0 Å². The fourth-order valence-electron chi connectivity index (χ4n) is 1.83. The van der Waals surface area contributed by atoms with Gasteiger partial charge in [0.2, 0.25) is 5.91 Å². The number of hydrogen-bond acceptors (Lipinski definition) is 3. The van der Waals surface area contributed by atoms with Crippen molar-refractivity contribution in [2.24, 2.45) is 0 Å². The Morgan fingerprint density at radius 2 is 2.00 bits per heavy atom. The first kappa shape index (κ1) is 11.9. The lowest BCUT2D eigenvalue weighted by Gasteiger charge is -2.27. The third-order valence-corrected chi connectivity index (χ3v) is 3.98. The smallest absolute Gasteiger partial charge is 0.233 e. The fraction of sp³-hybridized carbons (Fsp3) is 0.900. The van der Waals surface area contributed by atoms with Gasteiger partial charge in [-0.15, -0.1) is 0 Å². The summed E-state index contributed by atoms with van der Waals surface area (Å²) in [5.41, 5.74) is 0. The summed E-state index contributed by atoms with van der Waals surface area (Å²) in [5, 5.41) is 6.76. The van der Waals surface area contributed by atoms with Crippen LogP contribution in [0.25, 0.3) is 0 Å². The predicted octanol–water partition coefficient (Wildman–Crippen LogP) is 0.996. The van der Waals surface area contributed by atoms with Gasteiger partial charge in [-0.1, -0.05) is 0 Å². The molecule has 4 heteroatoms. The van der Waals surface area contributed by atoms with Gasteiger partial charge >= 0.3 is 0 Å². The van der Waals surface area contributed by atoms with Crippen molar-refractivity contribution in [2.45, 2.75) is 37.0 Å². The van der Waals surface area contributed by atoms with Crippen molar-refractivity contribution in [3.63, 3.8) is 0 Å². The standard InChI is InChI=1S/C10H20N2OS/c1-11-10(13)7-12-8-3-5-9(14-2)6-4-8/h8-9,12H,3-7H2,1-2H3,(H,11,13). The number of carbonyl (C=O) groups excluding carboxylic acids is 1. The van der Waals surface area contributed by atoms with E-state index < -0.39 is 0 Å². The molecule has 0 aromatic heterocycles. The Morgan fingerprint density at radius 3 is 2.50 bits per heavy atom. The molecule has 0 bridgehead atoms. The van der Waals surface area contributed by atoms with Crippen LogP contribution in [0.15, 0.2) is 0 Å². The maximum absolute atomic E-state index is 11.0. The van der Waals surface area contributed by atoms with E-state index in [1.807, 2.05) is 11.8 Å². The SMILES string of the molecule is CNC(=O)CNC1CCC(SC)CC1. The first-order chi connectivity index (χ1) is 6.76. The topological polar surface area (TPSA) is 41.1 Å². The number of nitrogens with one attached hydrogen (secondary N) is 2. The minimum atomic E-state index is 0.0805. The second kappa shape index (κ2) is 6.30. The van der Waals surface area contributed by atoms with Gasteiger partial charge in [0.1, 0.15) is 0 Å². The summed E-state index contributed by atoms with van der Waals surface area (Å²) in [7, 11) is 1.68. The number of hydrogen-bond donors (Lipinski definition) is 2. The van der Waals surface area contributed by atoms with Gasteiger partial charge in [-0.3, -0.25) is 4.79 Å². The summed E-state index contributed by atoms with van der Waals surface area (Å²) >= 11 is 1.97. The summed E-state index contributed by atoms with van der Waals surface area (Å²) in [4.78, 5) is 11.0. The Bertz CT molecular complexity index is 179. The van der Waals surface area contributed by atoms with Crippen molar-refractivity contribution >= 4 is 17.7 Å². The fourth-order valence-corrected chi connectivity index (χ4v) is 2.57. The van der Waals surface area contributed by atoms with Crippen LogP contribution in [0.2, 0.25) is 0 Å². The van der Waals surface area contributed by atoms with Gasteiger partial charge in [0.25, 0.3) is 0 Å². The molecule has 1 saturated carbocycles. The Labute approximate surface area is 90.4 Å². The molecule has 0 heterocycles. The van der Waals surface area contributed by atoms with Gasteiger partial charge in [-0.05, 0) is 31.9 Å². The van der Waals surface area contributed by atoms with Gasteiger partial charge in [0.05, 0.1) is 6.54 Å². The van der Waals surface area contributed by atoms with Crippen molar-refractivity contribution in [1.29, 1.82) is 0 Å². The van der Waals surface area contributed by atoms with Crippen LogP contribution in [-0.2, 0) is 4.79 Å². The lowest BCUT2D eigenvalue weighted by Crippen LogP contribution is -2.40. The molecule has 1 aliphatic rings. The maximum Gasteiger partial charge on any atom is 0.233 e. The summed E-state index contributed by atoms with van der Waals surface area (Å²) in [6.45, 7) is 0.463. The molecule has 14 heavy (non-hydrogen) atoms. The van der Waals surface area contributed by atoms with Crippen LogP contribution in [0.1, 0.15) is 25.7 Å². The largest absolute Gasteiger partial charge is 0.358 e. The van der Waals surface area contributed by atoms with Gasteiger partial charge in [0, 0.05) is 18.3 Å². The molecule has 0 saturated heterocycles. The highest BCUT2D eigenvalue weighted by Gasteiger charge is 2.20. The average Bonchev–Trinajstić information content (AvgIpc) is 2.26.